The number of hydrogen-bond acceptors (Lipinski definition) is 4. The molecule has 1 rings (SSSR count). The normalized spacial score (nSPS) is 11.0. The summed E-state index contributed by atoms with van der Waals surface area (Å²) in [7, 11) is 1.58. The minimum atomic E-state index is -5.04. The van der Waals surface area contributed by atoms with Gasteiger partial charge in [0.05, 0.1) is 26.0 Å². The fraction of sp³-hybridized carbons (Fsp3) is 0.545. The molecular weight excluding hydrogens is 301 g/mol. The molecule has 0 aliphatic rings. The van der Waals surface area contributed by atoms with E-state index < -0.39 is 12.4 Å². The zero-order valence-corrected chi connectivity index (χ0v) is 14.8. The number of hydrogen-bond donors (Lipinski definition) is 0. The predicted molar refractivity (Wildman–Crippen MR) is 65.8 cm³/mol. The first kappa shape index (κ1) is 20.4. The van der Waals surface area contributed by atoms with E-state index in [9.17, 15) is 12.9 Å². The zero-order chi connectivity index (χ0) is 14.1. The standard InChI is InChI=1S/C11H16BF3NO3.K/c1-17-5-6-18-3-2-4-19-11-7-10(8-16-9-11)12(13,14)15;/h7-9H,2-6H2,1H3;/q-1;+1. The monoisotopic (exact) mass is 317 g/mol. The van der Waals surface area contributed by atoms with Crippen molar-refractivity contribution in [2.24, 2.45) is 0 Å². The summed E-state index contributed by atoms with van der Waals surface area (Å²) >= 11 is 0. The summed E-state index contributed by atoms with van der Waals surface area (Å²) in [6.45, 7) is -3.28. The summed E-state index contributed by atoms with van der Waals surface area (Å²) in [4.78, 5) is 3.51. The maximum absolute atomic E-state index is 12.5. The Hall–Kier alpha value is 0.361. The summed E-state index contributed by atoms with van der Waals surface area (Å²) in [5.74, 6) is 0.119. The Bertz CT molecular complexity index is 382. The van der Waals surface area contributed by atoms with Crippen LogP contribution in [-0.2, 0) is 9.47 Å². The van der Waals surface area contributed by atoms with E-state index in [1.165, 1.54) is 6.20 Å². The largest absolute Gasteiger partial charge is 1.00 e. The Morgan fingerprint density at radius 3 is 2.50 bits per heavy atom. The van der Waals surface area contributed by atoms with Gasteiger partial charge < -0.3 is 27.2 Å². The third-order valence-electron chi connectivity index (χ3n) is 2.25. The van der Waals surface area contributed by atoms with Crippen molar-refractivity contribution in [3.05, 3.63) is 18.5 Å². The first-order valence-electron chi connectivity index (χ1n) is 5.88. The van der Waals surface area contributed by atoms with Crippen LogP contribution in [0.3, 0.4) is 0 Å². The molecule has 0 saturated carbocycles. The third kappa shape index (κ3) is 8.60. The molecule has 0 saturated heterocycles. The molecule has 0 fully saturated rings. The van der Waals surface area contributed by atoms with Crippen LogP contribution in [0.2, 0.25) is 0 Å². The molecule has 0 radical (unpaired) electrons. The van der Waals surface area contributed by atoms with Crippen LogP contribution in [0.15, 0.2) is 18.5 Å². The number of methoxy groups -OCH3 is 1. The van der Waals surface area contributed by atoms with E-state index in [-0.39, 0.29) is 63.7 Å². The second-order valence-corrected chi connectivity index (χ2v) is 3.84. The van der Waals surface area contributed by atoms with Gasteiger partial charge in [0.15, 0.2) is 0 Å². The molecule has 108 valence electrons. The van der Waals surface area contributed by atoms with Gasteiger partial charge in [-0.25, -0.2) is 0 Å². The number of pyridine rings is 1. The van der Waals surface area contributed by atoms with Crippen molar-refractivity contribution >= 4 is 12.4 Å². The van der Waals surface area contributed by atoms with Gasteiger partial charge >= 0.3 is 58.4 Å². The summed E-state index contributed by atoms with van der Waals surface area (Å²) in [6, 6.07) is 0.957. The maximum Gasteiger partial charge on any atom is 1.00 e. The molecule has 1 aromatic rings. The molecular formula is C11H16BF3KNO3. The zero-order valence-electron chi connectivity index (χ0n) is 11.7. The molecule has 0 unspecified atom stereocenters. The van der Waals surface area contributed by atoms with Crippen molar-refractivity contribution in [1.29, 1.82) is 0 Å². The molecule has 4 nitrogen and oxygen atoms in total. The number of ether oxygens (including phenoxy) is 3. The second kappa shape index (κ2) is 11.0. The average Bonchev–Trinajstić information content (AvgIpc) is 2.37. The maximum atomic E-state index is 12.5. The molecule has 0 aliphatic carbocycles. The van der Waals surface area contributed by atoms with E-state index in [2.05, 4.69) is 4.98 Å². The van der Waals surface area contributed by atoms with Crippen molar-refractivity contribution in [3.63, 3.8) is 0 Å². The van der Waals surface area contributed by atoms with Crippen molar-refractivity contribution in [1.82, 2.24) is 4.98 Å². The van der Waals surface area contributed by atoms with Crippen LogP contribution in [0.1, 0.15) is 6.42 Å². The Morgan fingerprint density at radius 2 is 1.85 bits per heavy atom. The molecule has 0 aliphatic heterocycles. The second-order valence-electron chi connectivity index (χ2n) is 3.84. The van der Waals surface area contributed by atoms with Gasteiger partial charge in [0.1, 0.15) is 5.75 Å². The van der Waals surface area contributed by atoms with E-state index in [0.717, 1.165) is 12.3 Å². The summed E-state index contributed by atoms with van der Waals surface area (Å²) in [5.41, 5.74) is -0.756. The van der Waals surface area contributed by atoms with Crippen LogP contribution in [-0.4, -0.2) is 45.5 Å². The number of rotatable bonds is 9. The molecule has 1 heterocycles. The predicted octanol–water partition coefficient (Wildman–Crippen LogP) is -1.43. The number of aromatic nitrogens is 1. The van der Waals surface area contributed by atoms with Crippen molar-refractivity contribution < 1.29 is 78.5 Å². The van der Waals surface area contributed by atoms with Gasteiger partial charge in [0.25, 0.3) is 0 Å². The third-order valence-corrected chi connectivity index (χ3v) is 2.25. The molecule has 20 heavy (non-hydrogen) atoms. The average molecular weight is 317 g/mol. The number of halogens is 3. The molecule has 0 bridgehead atoms. The molecule has 9 heteroatoms. The topological polar surface area (TPSA) is 40.6 Å². The van der Waals surface area contributed by atoms with Crippen LogP contribution in [0.25, 0.3) is 0 Å². The van der Waals surface area contributed by atoms with Crippen molar-refractivity contribution in [3.8, 4) is 5.75 Å². The minimum Gasteiger partial charge on any atom is -0.492 e. The Labute approximate surface area is 158 Å². The van der Waals surface area contributed by atoms with Crippen LogP contribution in [0.4, 0.5) is 12.9 Å². The van der Waals surface area contributed by atoms with Crippen LogP contribution in [0, 0.1) is 0 Å². The SMILES string of the molecule is COCCOCCCOc1cncc([B-](F)(F)F)c1.[K+]. The summed E-state index contributed by atoms with van der Waals surface area (Å²) in [6.07, 6.45) is 2.64. The van der Waals surface area contributed by atoms with Crippen molar-refractivity contribution in [2.45, 2.75) is 6.42 Å². The summed E-state index contributed by atoms with van der Waals surface area (Å²) in [5, 5.41) is 0. The smallest absolute Gasteiger partial charge is 0.492 e. The Kier molecular flexibility index (Phi) is 11.2. The van der Waals surface area contributed by atoms with E-state index >= 15 is 0 Å². The van der Waals surface area contributed by atoms with E-state index in [1.54, 1.807) is 7.11 Å². The molecule has 0 aromatic carbocycles. The van der Waals surface area contributed by atoms with Gasteiger partial charge in [-0.15, -0.1) is 0 Å². The van der Waals surface area contributed by atoms with Gasteiger partial charge in [0.2, 0.25) is 0 Å². The summed E-state index contributed by atoms with van der Waals surface area (Å²) < 4.78 is 52.6. The van der Waals surface area contributed by atoms with Crippen LogP contribution in [0.5, 0.6) is 5.75 Å². The Morgan fingerprint density at radius 1 is 1.10 bits per heavy atom. The van der Waals surface area contributed by atoms with Gasteiger partial charge in [0, 0.05) is 26.3 Å². The van der Waals surface area contributed by atoms with E-state index in [0.29, 0.717) is 26.2 Å². The van der Waals surface area contributed by atoms with Crippen LogP contribution >= 0.6 is 0 Å². The fourth-order valence-corrected chi connectivity index (χ4v) is 1.29. The minimum absolute atomic E-state index is 0. The van der Waals surface area contributed by atoms with E-state index in [1.807, 2.05) is 0 Å². The van der Waals surface area contributed by atoms with Gasteiger partial charge in [-0.1, -0.05) is 5.46 Å². The van der Waals surface area contributed by atoms with E-state index in [4.69, 9.17) is 14.2 Å². The molecule has 0 spiro atoms. The quantitative estimate of drug-likeness (QED) is 0.414. The van der Waals surface area contributed by atoms with Gasteiger partial charge in [-0.2, -0.15) is 0 Å². The molecule has 1 aromatic heterocycles. The molecule has 0 amide bonds. The Balaban J connectivity index is 0.00000361. The number of nitrogens with zero attached hydrogens (tertiary/aromatic N) is 1. The van der Waals surface area contributed by atoms with Crippen molar-refractivity contribution in [2.75, 3.05) is 33.5 Å². The van der Waals surface area contributed by atoms with Gasteiger partial charge in [-0.3, -0.25) is 4.98 Å². The van der Waals surface area contributed by atoms with Gasteiger partial charge in [-0.05, 0) is 6.07 Å². The first-order chi connectivity index (χ1) is 9.04. The fourth-order valence-electron chi connectivity index (χ4n) is 1.29. The van der Waals surface area contributed by atoms with Crippen LogP contribution < -0.4 is 61.6 Å². The first-order valence-corrected chi connectivity index (χ1v) is 5.88. The molecule has 0 N–H and O–H groups in total. The molecule has 0 atom stereocenters.